The van der Waals surface area contributed by atoms with E-state index in [-0.39, 0.29) is 90.4 Å². The van der Waals surface area contributed by atoms with Crippen molar-refractivity contribution in [2.45, 2.75) is 161 Å². The molecule has 17 heteroatoms. The topological polar surface area (TPSA) is 200 Å². The van der Waals surface area contributed by atoms with E-state index in [0.29, 0.717) is 51.6 Å². The summed E-state index contributed by atoms with van der Waals surface area (Å²) in [4.78, 5) is 113. The first-order valence-electron chi connectivity index (χ1n) is 24.5. The Morgan fingerprint density at radius 1 is 0.897 bits per heavy atom. The number of carbonyl (C=O) groups excluding carboxylic acids is 7. The van der Waals surface area contributed by atoms with E-state index >= 15 is 0 Å². The van der Waals surface area contributed by atoms with E-state index in [1.54, 1.807) is 43.0 Å². The fraction of sp³-hybridized carbons (Fsp3) is 0.725. The minimum atomic E-state index is -1.16. The number of carbonyl (C=O) groups is 8. The number of ether oxygens (including phenoxy) is 2. The minimum Gasteiger partial charge on any atom is -0.480 e. The van der Waals surface area contributed by atoms with Crippen molar-refractivity contribution < 1.29 is 52.9 Å². The van der Waals surface area contributed by atoms with Crippen molar-refractivity contribution >= 4 is 59.0 Å². The fourth-order valence-electron chi connectivity index (χ4n) is 10.0. The van der Waals surface area contributed by atoms with Crippen LogP contribution in [0.1, 0.15) is 118 Å². The minimum absolute atomic E-state index is 0.0601. The third-order valence-corrected chi connectivity index (χ3v) is 15.2. The zero-order valence-electron chi connectivity index (χ0n) is 42.7. The van der Waals surface area contributed by atoms with Crippen LogP contribution in [0.5, 0.6) is 0 Å². The number of Topliss-reactive ketones (excluding diaryl/α,β-unsaturated/α-hetero) is 1. The van der Waals surface area contributed by atoms with Gasteiger partial charge in [0.05, 0.1) is 47.9 Å². The number of amides is 6. The third-order valence-electron chi connectivity index (χ3n) is 14.2. The standard InChI is InChI=1S/C51H81N5O11S/c1-13-33(6)46(40(66-10)29-43(59)55-26-20-23-38(55)47(67-11)34(7)48(61)52-37(51(64)65)27-35-21-16-14-17-22-35)54(9)49(62)36(31(2)3)28-39(57)45(32(4)5)53(8)42(58)24-18-15-19-25-56-44(60)30-41(68-12)50(56)63/h14,16-17,21-22,31-34,36-38,40-41,45-47H,13,15,18-20,23-30H2,1-12H3,(H,52,61)(H,64,65)/t33-,34+,36-,37-,38-,40+,41?,45-,46-,47+/m0/s1. The number of thioether (sulfide) groups is 1. The highest BCUT2D eigenvalue weighted by Gasteiger charge is 2.44. The summed E-state index contributed by atoms with van der Waals surface area (Å²) in [6.07, 6.45) is 4.44. The summed E-state index contributed by atoms with van der Waals surface area (Å²) < 4.78 is 12.0. The van der Waals surface area contributed by atoms with E-state index in [4.69, 9.17) is 9.47 Å². The van der Waals surface area contributed by atoms with Crippen LogP contribution >= 0.6 is 11.8 Å². The molecule has 0 radical (unpaired) electrons. The van der Waals surface area contributed by atoms with E-state index in [9.17, 15) is 43.5 Å². The number of carboxylic acid groups (broad SMARTS) is 1. The van der Waals surface area contributed by atoms with Gasteiger partial charge in [0.1, 0.15) is 6.04 Å². The first-order valence-corrected chi connectivity index (χ1v) is 25.8. The molecule has 6 amide bonds. The maximum Gasteiger partial charge on any atom is 0.326 e. The first-order chi connectivity index (χ1) is 32.1. The summed E-state index contributed by atoms with van der Waals surface area (Å²) in [6, 6.07) is 6.13. The van der Waals surface area contributed by atoms with Crippen LogP contribution in [0.25, 0.3) is 0 Å². The summed E-state index contributed by atoms with van der Waals surface area (Å²) >= 11 is 1.38. The number of likely N-dealkylation sites (N-methyl/N-ethyl adjacent to an activating group) is 2. The second-order valence-corrected chi connectivity index (χ2v) is 20.6. The number of aliphatic carboxylic acids is 1. The molecule has 68 heavy (non-hydrogen) atoms. The number of hydrogen-bond donors (Lipinski definition) is 2. The Bertz CT molecular complexity index is 1870. The van der Waals surface area contributed by atoms with E-state index < -0.39 is 60.1 Å². The Hall–Kier alpha value is -4.35. The highest BCUT2D eigenvalue weighted by molar-refractivity contribution is 8.00. The van der Waals surface area contributed by atoms with E-state index in [1.165, 1.54) is 35.8 Å². The van der Waals surface area contributed by atoms with E-state index in [0.717, 1.165) is 5.56 Å². The molecule has 16 nitrogen and oxygen atoms in total. The van der Waals surface area contributed by atoms with Crippen LogP contribution in [0.2, 0.25) is 0 Å². The molecule has 0 aromatic heterocycles. The molecule has 2 fully saturated rings. The van der Waals surface area contributed by atoms with Crippen molar-refractivity contribution in [1.82, 2.24) is 24.9 Å². The molecule has 0 saturated carbocycles. The maximum absolute atomic E-state index is 14.7. The lowest BCUT2D eigenvalue weighted by Crippen LogP contribution is -2.55. The maximum atomic E-state index is 14.7. The Balaban J connectivity index is 1.70. The van der Waals surface area contributed by atoms with Gasteiger partial charge in [0.15, 0.2) is 5.78 Å². The number of imide groups is 1. The summed E-state index contributed by atoms with van der Waals surface area (Å²) in [5.41, 5.74) is 0.767. The molecular formula is C51H81N5O11S. The van der Waals surface area contributed by atoms with E-state index in [2.05, 4.69) is 5.32 Å². The smallest absolute Gasteiger partial charge is 0.326 e. The number of nitrogens with one attached hydrogen (secondary N) is 1. The van der Waals surface area contributed by atoms with Gasteiger partial charge in [-0.3, -0.25) is 38.5 Å². The lowest BCUT2D eigenvalue weighted by molar-refractivity contribution is -0.150. The highest BCUT2D eigenvalue weighted by Crippen LogP contribution is 2.32. The summed E-state index contributed by atoms with van der Waals surface area (Å²) in [7, 11) is 6.33. The fourth-order valence-corrected chi connectivity index (χ4v) is 10.7. The molecule has 2 N–H and O–H groups in total. The average molecular weight is 972 g/mol. The zero-order chi connectivity index (χ0) is 51.0. The van der Waals surface area contributed by atoms with Gasteiger partial charge in [0.2, 0.25) is 35.4 Å². The number of unbranched alkanes of at least 4 members (excludes halogenated alkanes) is 2. The Morgan fingerprint density at radius 2 is 1.56 bits per heavy atom. The van der Waals surface area contributed by atoms with Crippen LogP contribution in [0, 0.1) is 29.6 Å². The highest BCUT2D eigenvalue weighted by atomic mass is 32.2. The lowest BCUT2D eigenvalue weighted by atomic mass is 9.83. The van der Waals surface area contributed by atoms with Crippen LogP contribution < -0.4 is 5.32 Å². The Morgan fingerprint density at radius 3 is 2.10 bits per heavy atom. The Labute approximate surface area is 409 Å². The molecule has 3 rings (SSSR count). The number of benzene rings is 1. The zero-order valence-corrected chi connectivity index (χ0v) is 43.6. The molecule has 2 aliphatic heterocycles. The molecule has 1 aromatic carbocycles. The van der Waals surface area contributed by atoms with Crippen molar-refractivity contribution in [3.8, 4) is 0 Å². The number of methoxy groups -OCH3 is 2. The van der Waals surface area contributed by atoms with Gasteiger partial charge in [0, 0.05) is 73.0 Å². The van der Waals surface area contributed by atoms with Gasteiger partial charge in [-0.25, -0.2) is 4.79 Å². The number of likely N-dealkylation sites (tertiary alicyclic amines) is 2. The first kappa shape index (κ1) is 58.0. The van der Waals surface area contributed by atoms with Gasteiger partial charge in [0.25, 0.3) is 0 Å². The molecule has 2 heterocycles. The number of hydrogen-bond acceptors (Lipinski definition) is 11. The third kappa shape index (κ3) is 15.3. The predicted molar refractivity (Wildman–Crippen MR) is 262 cm³/mol. The predicted octanol–water partition coefficient (Wildman–Crippen LogP) is 5.48. The monoisotopic (exact) mass is 972 g/mol. The SMILES string of the molecule is CC[C@H](C)[C@@H]([C@@H](CC(=O)N1CCC[C@H]1[C@H](OC)[C@@H](C)C(=O)N[C@@H](Cc1ccccc1)C(=O)O)OC)N(C)C(=O)[C@@H](CC(=O)[C@H](C(C)C)N(C)C(=O)CCCCCN1C(=O)CC(SC)C1=O)C(C)C. The van der Waals surface area contributed by atoms with Gasteiger partial charge in [-0.15, -0.1) is 0 Å². The van der Waals surface area contributed by atoms with Crippen LogP contribution in [0.4, 0.5) is 0 Å². The van der Waals surface area contributed by atoms with Crippen molar-refractivity contribution in [3.63, 3.8) is 0 Å². The summed E-state index contributed by atoms with van der Waals surface area (Å²) in [5.74, 6) is -4.92. The molecule has 10 atom stereocenters. The quantitative estimate of drug-likeness (QED) is 0.0758. The number of ketones is 1. The van der Waals surface area contributed by atoms with Gasteiger partial charge in [-0.05, 0) is 55.3 Å². The summed E-state index contributed by atoms with van der Waals surface area (Å²) in [6.45, 7) is 14.0. The van der Waals surface area contributed by atoms with Gasteiger partial charge in [-0.1, -0.05) is 91.6 Å². The van der Waals surface area contributed by atoms with Crippen molar-refractivity contribution in [2.75, 3.05) is 47.7 Å². The second kappa shape index (κ2) is 27.7. The van der Waals surface area contributed by atoms with Crippen LogP contribution in [0.15, 0.2) is 30.3 Å². The van der Waals surface area contributed by atoms with Crippen molar-refractivity contribution in [2.24, 2.45) is 29.6 Å². The molecule has 0 bridgehead atoms. The number of rotatable bonds is 29. The second-order valence-electron chi connectivity index (χ2n) is 19.5. The molecule has 2 aliphatic rings. The van der Waals surface area contributed by atoms with Gasteiger partial charge >= 0.3 is 5.97 Å². The van der Waals surface area contributed by atoms with Crippen molar-refractivity contribution in [3.05, 3.63) is 35.9 Å². The van der Waals surface area contributed by atoms with E-state index in [1.807, 2.05) is 66.0 Å². The molecule has 0 spiro atoms. The van der Waals surface area contributed by atoms with Gasteiger partial charge < -0.3 is 34.6 Å². The van der Waals surface area contributed by atoms with Crippen LogP contribution in [-0.4, -0.2) is 161 Å². The normalized spacial score (nSPS) is 19.9. The molecule has 382 valence electrons. The van der Waals surface area contributed by atoms with Gasteiger partial charge in [-0.2, -0.15) is 11.8 Å². The Kier molecular flexibility index (Phi) is 23.6. The number of nitrogens with zero attached hydrogens (tertiary/aromatic N) is 4. The van der Waals surface area contributed by atoms with Crippen molar-refractivity contribution in [1.29, 1.82) is 0 Å². The molecule has 1 unspecified atom stereocenters. The molecular weight excluding hydrogens is 891 g/mol. The average Bonchev–Trinajstić information content (AvgIpc) is 3.90. The largest absolute Gasteiger partial charge is 0.480 e. The van der Waals surface area contributed by atoms with Crippen LogP contribution in [-0.2, 0) is 54.3 Å². The summed E-state index contributed by atoms with van der Waals surface area (Å²) in [5, 5.41) is 12.3. The lowest BCUT2D eigenvalue weighted by Gasteiger charge is -2.41. The molecule has 0 aliphatic carbocycles. The molecule has 1 aromatic rings. The molecule has 2 saturated heterocycles. The van der Waals surface area contributed by atoms with Crippen LogP contribution in [0.3, 0.4) is 0 Å². The number of carboxylic acids is 1.